The summed E-state index contributed by atoms with van der Waals surface area (Å²) in [4.78, 5) is 0. The lowest BCUT2D eigenvalue weighted by Crippen LogP contribution is -2.18. The van der Waals surface area contributed by atoms with Crippen molar-refractivity contribution >= 4 is 8.07 Å². The fourth-order valence-electron chi connectivity index (χ4n) is 1.75. The molecule has 0 aromatic heterocycles. The minimum atomic E-state index is -0.838. The third-order valence-electron chi connectivity index (χ3n) is 2.75. The Morgan fingerprint density at radius 2 is 1.67 bits per heavy atom. The Balaban J connectivity index is 2.34. The van der Waals surface area contributed by atoms with Crippen LogP contribution in [0.2, 0.25) is 25.7 Å². The van der Waals surface area contributed by atoms with Gasteiger partial charge < -0.3 is 0 Å². The fourth-order valence-corrected chi connectivity index (χ4v) is 2.99. The summed E-state index contributed by atoms with van der Waals surface area (Å²) >= 11 is 0. The normalized spacial score (nSPS) is 12.1. The van der Waals surface area contributed by atoms with Gasteiger partial charge >= 0.3 is 0 Å². The monoisotopic (exact) mass is 219 g/mol. The summed E-state index contributed by atoms with van der Waals surface area (Å²) in [6.45, 7) is 9.61. The van der Waals surface area contributed by atoms with Gasteiger partial charge in [-0.15, -0.1) is 0 Å². The summed E-state index contributed by atoms with van der Waals surface area (Å²) in [7, 11) is -0.838. The molecule has 0 bridgehead atoms. The molecule has 0 fully saturated rings. The van der Waals surface area contributed by atoms with E-state index in [1.54, 1.807) is 0 Å². The summed E-state index contributed by atoms with van der Waals surface area (Å²) in [5.74, 6) is 1.54. The Hall–Kier alpha value is -0.563. The second kappa shape index (κ2) is 5.50. The third kappa shape index (κ3) is 5.17. The van der Waals surface area contributed by atoms with Crippen LogP contribution < -0.4 is 0 Å². The van der Waals surface area contributed by atoms with Crippen LogP contribution in [0.1, 0.15) is 25.3 Å². The summed E-state index contributed by atoms with van der Waals surface area (Å²) < 4.78 is 0. The van der Waals surface area contributed by atoms with E-state index in [0.29, 0.717) is 0 Å². The van der Waals surface area contributed by atoms with Crippen molar-refractivity contribution in [3.8, 4) is 0 Å². The molecule has 0 unspecified atom stereocenters. The molecule has 0 spiro atoms. The van der Waals surface area contributed by atoms with Crippen molar-refractivity contribution in [2.24, 2.45) is 0 Å². The molecule has 0 saturated heterocycles. The van der Waals surface area contributed by atoms with Crippen molar-refractivity contribution in [1.29, 1.82) is 0 Å². The Bertz CT molecular complexity index is 271. The van der Waals surface area contributed by atoms with E-state index in [9.17, 15) is 0 Å². The zero-order chi connectivity index (χ0) is 11.3. The molecule has 15 heavy (non-hydrogen) atoms. The molecule has 0 nitrogen and oxygen atoms in total. The molecule has 0 saturated carbocycles. The maximum absolute atomic E-state index is 2.45. The molecule has 1 aromatic carbocycles. The number of hydrogen-bond donors (Lipinski definition) is 0. The van der Waals surface area contributed by atoms with E-state index in [-0.39, 0.29) is 0 Å². The highest BCUT2D eigenvalue weighted by molar-refractivity contribution is 6.76. The number of rotatable bonds is 5. The van der Waals surface area contributed by atoms with Gasteiger partial charge in [0.25, 0.3) is 0 Å². The summed E-state index contributed by atoms with van der Waals surface area (Å²) in [5.41, 5.74) is 1.41. The fraction of sp³-hybridized carbons (Fsp3) is 0.500. The molecule has 0 amide bonds. The summed E-state index contributed by atoms with van der Waals surface area (Å²) in [5, 5.41) is 0. The van der Waals surface area contributed by atoms with Gasteiger partial charge in [0.15, 0.2) is 0 Å². The second-order valence-corrected chi connectivity index (χ2v) is 11.2. The molecular formula is C14H23Si. The van der Waals surface area contributed by atoms with E-state index in [0.717, 1.165) is 0 Å². The maximum Gasteiger partial charge on any atom is 0.0442 e. The molecule has 0 aliphatic heterocycles. The van der Waals surface area contributed by atoms with Crippen LogP contribution >= 0.6 is 0 Å². The van der Waals surface area contributed by atoms with Crippen LogP contribution in [0.25, 0.3) is 0 Å². The van der Waals surface area contributed by atoms with Gasteiger partial charge in [-0.25, -0.2) is 0 Å². The third-order valence-corrected chi connectivity index (χ3v) is 4.60. The smallest absolute Gasteiger partial charge is 0.0442 e. The van der Waals surface area contributed by atoms with Crippen molar-refractivity contribution in [3.05, 3.63) is 41.8 Å². The van der Waals surface area contributed by atoms with Crippen LogP contribution in [0, 0.1) is 5.92 Å². The lowest BCUT2D eigenvalue weighted by Gasteiger charge is -2.17. The first-order valence-corrected chi connectivity index (χ1v) is 9.57. The minimum Gasteiger partial charge on any atom is -0.0695 e. The van der Waals surface area contributed by atoms with Crippen LogP contribution in [0.5, 0.6) is 0 Å². The highest BCUT2D eigenvalue weighted by Crippen LogP contribution is 2.22. The topological polar surface area (TPSA) is 0 Å². The van der Waals surface area contributed by atoms with Gasteiger partial charge in [0, 0.05) is 14.0 Å². The Morgan fingerprint density at radius 3 is 2.20 bits per heavy atom. The van der Waals surface area contributed by atoms with E-state index < -0.39 is 8.07 Å². The van der Waals surface area contributed by atoms with Crippen LogP contribution in [0.15, 0.2) is 30.3 Å². The minimum absolute atomic E-state index is 0.838. The first kappa shape index (κ1) is 12.5. The average molecular weight is 219 g/mol. The first-order chi connectivity index (χ1) is 6.99. The Labute approximate surface area is 95.7 Å². The molecule has 0 atom stereocenters. The molecular weight excluding hydrogens is 196 g/mol. The quantitative estimate of drug-likeness (QED) is 0.627. The zero-order valence-electron chi connectivity index (χ0n) is 10.5. The van der Waals surface area contributed by atoms with E-state index in [4.69, 9.17) is 0 Å². The molecule has 0 N–H and O–H groups in total. The van der Waals surface area contributed by atoms with Gasteiger partial charge in [-0.1, -0.05) is 69.4 Å². The largest absolute Gasteiger partial charge is 0.0695 e. The maximum atomic E-state index is 2.45. The SMILES string of the molecule is C[C](CCC[Si](C)(C)C)c1ccccc1. The van der Waals surface area contributed by atoms with Gasteiger partial charge in [-0.05, 0) is 12.0 Å². The van der Waals surface area contributed by atoms with Crippen molar-refractivity contribution in [2.45, 2.75) is 45.5 Å². The van der Waals surface area contributed by atoms with Crippen LogP contribution in [-0.4, -0.2) is 8.07 Å². The van der Waals surface area contributed by atoms with Crippen LogP contribution in [0.4, 0.5) is 0 Å². The lowest BCUT2D eigenvalue weighted by atomic mass is 9.97. The zero-order valence-corrected chi connectivity index (χ0v) is 11.5. The predicted molar refractivity (Wildman–Crippen MR) is 71.8 cm³/mol. The average Bonchev–Trinajstić information content (AvgIpc) is 2.17. The molecule has 1 rings (SSSR count). The van der Waals surface area contributed by atoms with Crippen molar-refractivity contribution < 1.29 is 0 Å². The first-order valence-electron chi connectivity index (χ1n) is 5.87. The predicted octanol–water partition coefficient (Wildman–Crippen LogP) is 4.75. The molecule has 1 heteroatoms. The van der Waals surface area contributed by atoms with Crippen molar-refractivity contribution in [1.82, 2.24) is 0 Å². The molecule has 83 valence electrons. The Kier molecular flexibility index (Phi) is 4.59. The van der Waals surface area contributed by atoms with Gasteiger partial charge in [-0.3, -0.25) is 0 Å². The molecule has 0 aliphatic carbocycles. The molecule has 1 radical (unpaired) electrons. The highest BCUT2D eigenvalue weighted by Gasteiger charge is 2.13. The lowest BCUT2D eigenvalue weighted by molar-refractivity contribution is 0.817. The molecule has 0 heterocycles. The van der Waals surface area contributed by atoms with Crippen molar-refractivity contribution in [2.75, 3.05) is 0 Å². The van der Waals surface area contributed by atoms with Gasteiger partial charge in [0.05, 0.1) is 0 Å². The van der Waals surface area contributed by atoms with Crippen LogP contribution in [-0.2, 0) is 0 Å². The standard InChI is InChI=1S/C14H23Si/c1-13(9-8-12-15(2,3)4)14-10-6-5-7-11-14/h5-7,10-11H,8-9,12H2,1-4H3. The van der Waals surface area contributed by atoms with E-state index in [2.05, 4.69) is 56.9 Å². The van der Waals surface area contributed by atoms with Crippen molar-refractivity contribution in [3.63, 3.8) is 0 Å². The Morgan fingerprint density at radius 1 is 1.07 bits per heavy atom. The van der Waals surface area contributed by atoms with Crippen LogP contribution in [0.3, 0.4) is 0 Å². The molecule has 0 aliphatic rings. The summed E-state index contributed by atoms with van der Waals surface area (Å²) in [6.07, 6.45) is 2.62. The van der Waals surface area contributed by atoms with E-state index in [1.807, 2.05) is 0 Å². The molecule has 1 aromatic rings. The number of hydrogen-bond acceptors (Lipinski definition) is 0. The van der Waals surface area contributed by atoms with Gasteiger partial charge in [-0.2, -0.15) is 0 Å². The van der Waals surface area contributed by atoms with E-state index >= 15 is 0 Å². The number of benzene rings is 1. The highest BCUT2D eigenvalue weighted by atomic mass is 28.3. The second-order valence-electron chi connectivity index (χ2n) is 5.56. The van der Waals surface area contributed by atoms with Gasteiger partial charge in [0.2, 0.25) is 0 Å². The van der Waals surface area contributed by atoms with Gasteiger partial charge in [0.1, 0.15) is 0 Å². The van der Waals surface area contributed by atoms with E-state index in [1.165, 1.54) is 30.4 Å². The summed E-state index contributed by atoms with van der Waals surface area (Å²) in [6, 6.07) is 12.2.